The Labute approximate surface area is 201 Å². The molecular formula is C28H20N4O3. The first-order valence-corrected chi connectivity index (χ1v) is 11.2. The minimum atomic E-state index is 0.0879. The van der Waals surface area contributed by atoms with Crippen molar-refractivity contribution in [2.75, 3.05) is 13.2 Å². The number of rotatable bonds is 3. The number of aryl methyl sites for hydroxylation is 1. The van der Waals surface area contributed by atoms with Crippen LogP contribution < -0.4 is 9.47 Å². The Balaban J connectivity index is 1.73. The average molecular weight is 460 g/mol. The maximum Gasteiger partial charge on any atom is 0.221 e. The van der Waals surface area contributed by atoms with Crippen LogP contribution in [-0.4, -0.2) is 33.1 Å². The van der Waals surface area contributed by atoms with E-state index >= 15 is 0 Å². The number of benzene rings is 3. The second kappa shape index (κ2) is 8.19. The Morgan fingerprint density at radius 1 is 0.943 bits per heavy atom. The van der Waals surface area contributed by atoms with E-state index < -0.39 is 0 Å². The average Bonchev–Trinajstić information content (AvgIpc) is 3.24. The van der Waals surface area contributed by atoms with Crippen molar-refractivity contribution in [2.24, 2.45) is 0 Å². The van der Waals surface area contributed by atoms with Crippen LogP contribution in [0.2, 0.25) is 0 Å². The summed E-state index contributed by atoms with van der Waals surface area (Å²) in [4.78, 5) is 8.90. The lowest BCUT2D eigenvalue weighted by Crippen LogP contribution is -2.15. The third-order valence-corrected chi connectivity index (χ3v) is 6.07. The first kappa shape index (κ1) is 20.8. The van der Waals surface area contributed by atoms with E-state index in [9.17, 15) is 5.11 Å². The van der Waals surface area contributed by atoms with Crippen LogP contribution in [0.15, 0.2) is 72.8 Å². The molecule has 0 saturated carbocycles. The van der Waals surface area contributed by atoms with Gasteiger partial charge >= 0.3 is 0 Å². The molecule has 0 saturated heterocycles. The van der Waals surface area contributed by atoms with Gasteiger partial charge in [0.15, 0.2) is 17.1 Å². The number of phenolic OH excluding ortho intramolecular Hbond substituents is 1. The number of pyridine rings is 1. The largest absolute Gasteiger partial charge is 0.507 e. The SMILES string of the molecule is [C-]#[N+]c1c(-c2ccc3c(c2)OCCO3)nc2c(c(C)nn2-c2ccccc2)c1-c1ccccc1O. The maximum atomic E-state index is 10.8. The molecule has 170 valence electrons. The van der Waals surface area contributed by atoms with Gasteiger partial charge in [0, 0.05) is 16.5 Å². The van der Waals surface area contributed by atoms with Crippen LogP contribution in [0, 0.1) is 13.5 Å². The summed E-state index contributed by atoms with van der Waals surface area (Å²) in [5, 5.41) is 16.3. The second-order valence-corrected chi connectivity index (χ2v) is 8.20. The van der Waals surface area contributed by atoms with Crippen molar-refractivity contribution in [2.45, 2.75) is 6.92 Å². The summed E-state index contributed by atoms with van der Waals surface area (Å²) in [6.45, 7) is 11.0. The Hall–Kier alpha value is -4.83. The predicted octanol–water partition coefficient (Wildman–Crippen LogP) is 6.09. The number of phenols is 1. The van der Waals surface area contributed by atoms with Crippen LogP contribution in [0.1, 0.15) is 5.69 Å². The first-order chi connectivity index (χ1) is 17.2. The van der Waals surface area contributed by atoms with Crippen LogP contribution in [-0.2, 0) is 0 Å². The summed E-state index contributed by atoms with van der Waals surface area (Å²) >= 11 is 0. The number of hydrogen-bond donors (Lipinski definition) is 1. The lowest BCUT2D eigenvalue weighted by molar-refractivity contribution is 0.171. The molecule has 1 aliphatic rings. The van der Waals surface area contributed by atoms with Crippen molar-refractivity contribution in [3.05, 3.63) is 89.9 Å². The van der Waals surface area contributed by atoms with E-state index in [0.29, 0.717) is 58.6 Å². The summed E-state index contributed by atoms with van der Waals surface area (Å²) < 4.78 is 13.2. The van der Waals surface area contributed by atoms with Crippen molar-refractivity contribution < 1.29 is 14.6 Å². The van der Waals surface area contributed by atoms with Gasteiger partial charge in [0.1, 0.15) is 19.0 Å². The van der Waals surface area contributed by atoms with Crippen molar-refractivity contribution in [1.29, 1.82) is 0 Å². The lowest BCUT2D eigenvalue weighted by atomic mass is 9.96. The standard InChI is InChI=1S/C28H20N4O3/c1-17-24-25(20-10-6-7-11-21(20)33)27(29-2)26(18-12-13-22-23(16-18)35-15-14-34-22)30-28(24)32(31-17)19-8-4-3-5-9-19/h3-13,16,33H,14-15H2,1H3. The molecule has 3 aromatic carbocycles. The third-order valence-electron chi connectivity index (χ3n) is 6.07. The molecule has 7 nitrogen and oxygen atoms in total. The van der Waals surface area contributed by atoms with Crippen molar-refractivity contribution in [3.8, 4) is 45.3 Å². The van der Waals surface area contributed by atoms with Crippen molar-refractivity contribution >= 4 is 16.7 Å². The molecule has 3 heterocycles. The number of aromatic hydroxyl groups is 1. The molecule has 35 heavy (non-hydrogen) atoms. The minimum Gasteiger partial charge on any atom is -0.507 e. The molecule has 5 aromatic rings. The molecule has 1 N–H and O–H groups in total. The lowest BCUT2D eigenvalue weighted by Gasteiger charge is -2.19. The Kier molecular flexibility index (Phi) is 4.86. The topological polar surface area (TPSA) is 73.8 Å². The first-order valence-electron chi connectivity index (χ1n) is 11.2. The van der Waals surface area contributed by atoms with E-state index in [1.165, 1.54) is 0 Å². The van der Waals surface area contributed by atoms with Gasteiger partial charge in [-0.15, -0.1) is 0 Å². The van der Waals surface area contributed by atoms with Crippen molar-refractivity contribution in [3.63, 3.8) is 0 Å². The number of nitrogens with zero attached hydrogens (tertiary/aromatic N) is 4. The van der Waals surface area contributed by atoms with E-state index in [4.69, 9.17) is 26.1 Å². The van der Waals surface area contributed by atoms with Crippen LogP contribution in [0.4, 0.5) is 5.69 Å². The summed E-state index contributed by atoms with van der Waals surface area (Å²) in [6, 6.07) is 22.3. The van der Waals surface area contributed by atoms with Crippen LogP contribution in [0.3, 0.4) is 0 Å². The minimum absolute atomic E-state index is 0.0879. The monoisotopic (exact) mass is 460 g/mol. The van der Waals surface area contributed by atoms with Gasteiger partial charge in [-0.3, -0.25) is 0 Å². The highest BCUT2D eigenvalue weighted by molar-refractivity contribution is 6.07. The number of para-hydroxylation sites is 2. The Bertz CT molecular complexity index is 1630. The number of hydrogen-bond acceptors (Lipinski definition) is 5. The zero-order valence-electron chi connectivity index (χ0n) is 18.9. The molecule has 6 rings (SSSR count). The van der Waals surface area contributed by atoms with E-state index in [2.05, 4.69) is 4.85 Å². The van der Waals surface area contributed by atoms with Crippen molar-refractivity contribution in [1.82, 2.24) is 14.8 Å². The Morgan fingerprint density at radius 3 is 2.46 bits per heavy atom. The summed E-state index contributed by atoms with van der Waals surface area (Å²) in [7, 11) is 0. The molecule has 0 unspecified atom stereocenters. The highest BCUT2D eigenvalue weighted by atomic mass is 16.6. The van der Waals surface area contributed by atoms with Gasteiger partial charge in [0.05, 0.1) is 23.6 Å². The molecule has 0 atom stereocenters. The van der Waals surface area contributed by atoms with Gasteiger partial charge in [-0.05, 0) is 42.8 Å². The van der Waals surface area contributed by atoms with Gasteiger partial charge in [-0.1, -0.05) is 42.5 Å². The molecule has 7 heteroatoms. The number of fused-ring (bicyclic) bond motifs is 2. The molecule has 0 radical (unpaired) electrons. The van der Waals surface area contributed by atoms with Crippen LogP contribution in [0.25, 0.3) is 44.0 Å². The van der Waals surface area contributed by atoms with Crippen LogP contribution in [0.5, 0.6) is 17.2 Å². The van der Waals surface area contributed by atoms with Gasteiger partial charge in [0.2, 0.25) is 5.69 Å². The van der Waals surface area contributed by atoms with E-state index in [-0.39, 0.29) is 5.75 Å². The fraction of sp³-hybridized carbons (Fsp3) is 0.107. The quantitative estimate of drug-likeness (QED) is 0.330. The smallest absolute Gasteiger partial charge is 0.221 e. The van der Waals surface area contributed by atoms with E-state index in [1.54, 1.807) is 16.8 Å². The summed E-state index contributed by atoms with van der Waals surface area (Å²) in [5.74, 6) is 1.37. The zero-order valence-corrected chi connectivity index (χ0v) is 18.9. The van der Waals surface area contributed by atoms with Gasteiger partial charge in [-0.25, -0.2) is 14.5 Å². The molecule has 2 aromatic heterocycles. The highest BCUT2D eigenvalue weighted by Gasteiger charge is 2.25. The summed E-state index contributed by atoms with van der Waals surface area (Å²) in [6.07, 6.45) is 0. The third kappa shape index (κ3) is 3.35. The molecule has 0 fully saturated rings. The highest BCUT2D eigenvalue weighted by Crippen LogP contribution is 2.47. The number of ether oxygens (including phenoxy) is 2. The zero-order chi connectivity index (χ0) is 23.9. The number of aromatic nitrogens is 3. The molecular weight excluding hydrogens is 440 g/mol. The molecule has 0 bridgehead atoms. The molecule has 0 aliphatic carbocycles. The normalized spacial score (nSPS) is 12.5. The summed E-state index contributed by atoms with van der Waals surface area (Å²) in [5.41, 5.74) is 4.87. The van der Waals surface area contributed by atoms with Gasteiger partial charge < -0.3 is 14.6 Å². The molecule has 0 amide bonds. The fourth-order valence-electron chi connectivity index (χ4n) is 4.50. The predicted molar refractivity (Wildman–Crippen MR) is 133 cm³/mol. The fourth-order valence-corrected chi connectivity index (χ4v) is 4.50. The molecule has 1 aliphatic heterocycles. The van der Waals surface area contributed by atoms with E-state index in [1.807, 2.05) is 67.6 Å². The second-order valence-electron chi connectivity index (χ2n) is 8.20. The molecule has 0 spiro atoms. The van der Waals surface area contributed by atoms with E-state index in [0.717, 1.165) is 16.6 Å². The maximum absolute atomic E-state index is 10.8. The van der Waals surface area contributed by atoms with Crippen LogP contribution >= 0.6 is 0 Å². The Morgan fingerprint density at radius 2 is 1.69 bits per heavy atom. The van der Waals surface area contributed by atoms with Gasteiger partial charge in [-0.2, -0.15) is 5.10 Å². The van der Waals surface area contributed by atoms with Gasteiger partial charge in [0.25, 0.3) is 0 Å².